The second kappa shape index (κ2) is 5.88. The van der Waals surface area contributed by atoms with E-state index in [1.54, 1.807) is 24.3 Å². The molecule has 0 aromatic heterocycles. The van der Waals surface area contributed by atoms with Crippen LogP contribution in [0.3, 0.4) is 0 Å². The van der Waals surface area contributed by atoms with Crippen molar-refractivity contribution in [3.05, 3.63) is 68.5 Å². The topological polar surface area (TPSA) is 72.2 Å². The normalized spacial score (nSPS) is 10.2. The van der Waals surface area contributed by atoms with Crippen molar-refractivity contribution in [3.8, 4) is 0 Å². The fourth-order valence-electron chi connectivity index (χ4n) is 1.69. The summed E-state index contributed by atoms with van der Waals surface area (Å²) in [4.78, 5) is 21.9. The molecule has 0 unspecified atom stereocenters. The van der Waals surface area contributed by atoms with Gasteiger partial charge in [0.25, 0.3) is 5.91 Å². The van der Waals surface area contributed by atoms with E-state index < -0.39 is 22.3 Å². The summed E-state index contributed by atoms with van der Waals surface area (Å²) in [6.45, 7) is 1.89. The summed E-state index contributed by atoms with van der Waals surface area (Å²) >= 11 is 5.77. The van der Waals surface area contributed by atoms with Gasteiger partial charge in [-0.05, 0) is 19.1 Å². The van der Waals surface area contributed by atoms with Crippen molar-refractivity contribution in [2.75, 3.05) is 5.32 Å². The lowest BCUT2D eigenvalue weighted by Gasteiger charge is -2.07. The third-order valence-corrected chi connectivity index (χ3v) is 3.10. The van der Waals surface area contributed by atoms with Crippen molar-refractivity contribution >= 4 is 28.9 Å². The molecule has 0 aliphatic carbocycles. The van der Waals surface area contributed by atoms with E-state index in [1.165, 1.54) is 0 Å². The van der Waals surface area contributed by atoms with Crippen LogP contribution >= 0.6 is 11.6 Å². The second-order valence-corrected chi connectivity index (χ2v) is 4.77. The molecule has 0 heterocycles. The largest absolute Gasteiger partial charge is 0.322 e. The molecule has 7 heteroatoms. The molecule has 0 fully saturated rings. The molecule has 0 saturated heterocycles. The van der Waals surface area contributed by atoms with Gasteiger partial charge in [-0.25, -0.2) is 0 Å². The average molecular weight is 309 g/mol. The summed E-state index contributed by atoms with van der Waals surface area (Å²) in [5.74, 6) is -1.73. The van der Waals surface area contributed by atoms with Gasteiger partial charge in [0.15, 0.2) is 0 Å². The van der Waals surface area contributed by atoms with Crippen molar-refractivity contribution in [1.82, 2.24) is 0 Å². The monoisotopic (exact) mass is 308 g/mol. The number of nitro benzene ring substituents is 1. The summed E-state index contributed by atoms with van der Waals surface area (Å²) in [6.07, 6.45) is 0. The minimum absolute atomic E-state index is 0.162. The van der Waals surface area contributed by atoms with Gasteiger partial charge in [0.05, 0.1) is 15.5 Å². The molecule has 0 bridgehead atoms. The first kappa shape index (κ1) is 14.9. The van der Waals surface area contributed by atoms with Crippen LogP contribution in [-0.4, -0.2) is 10.8 Å². The molecule has 2 rings (SSSR count). The lowest BCUT2D eigenvalue weighted by atomic mass is 10.1. The smallest absolute Gasteiger partial charge is 0.305 e. The number of nitro groups is 1. The Hall–Kier alpha value is -2.47. The predicted octanol–water partition coefficient (Wildman–Crippen LogP) is 3.95. The van der Waals surface area contributed by atoms with Gasteiger partial charge >= 0.3 is 5.69 Å². The maximum absolute atomic E-state index is 13.4. The highest BCUT2D eigenvalue weighted by atomic mass is 35.5. The van der Waals surface area contributed by atoms with Gasteiger partial charge in [-0.1, -0.05) is 29.3 Å². The Morgan fingerprint density at radius 3 is 2.48 bits per heavy atom. The second-order valence-electron chi connectivity index (χ2n) is 4.36. The maximum atomic E-state index is 13.4. The number of anilines is 1. The molecule has 0 atom stereocenters. The van der Waals surface area contributed by atoms with Crippen LogP contribution < -0.4 is 5.32 Å². The highest BCUT2D eigenvalue weighted by Crippen LogP contribution is 2.26. The Labute approximate surface area is 124 Å². The summed E-state index contributed by atoms with van der Waals surface area (Å²) < 4.78 is 13.4. The molecule has 5 nitrogen and oxygen atoms in total. The van der Waals surface area contributed by atoms with Crippen LogP contribution in [-0.2, 0) is 0 Å². The number of rotatable bonds is 3. The van der Waals surface area contributed by atoms with Gasteiger partial charge < -0.3 is 5.32 Å². The fourth-order valence-corrected chi connectivity index (χ4v) is 1.92. The molecule has 2 aromatic carbocycles. The summed E-state index contributed by atoms with van der Waals surface area (Å²) in [5.41, 5.74) is 0.566. The molecule has 108 valence electrons. The van der Waals surface area contributed by atoms with Gasteiger partial charge in [-0.15, -0.1) is 0 Å². The number of halogens is 2. The number of carbonyl (C=O) groups excluding carboxylic acids is 1. The summed E-state index contributed by atoms with van der Waals surface area (Å²) in [6, 6.07) is 8.53. The molecule has 0 aliphatic rings. The molecule has 1 N–H and O–H groups in total. The van der Waals surface area contributed by atoms with Crippen molar-refractivity contribution in [2.24, 2.45) is 0 Å². The van der Waals surface area contributed by atoms with Gasteiger partial charge in [0.2, 0.25) is 5.82 Å². The molecule has 0 radical (unpaired) electrons. The van der Waals surface area contributed by atoms with Crippen molar-refractivity contribution in [3.63, 3.8) is 0 Å². The molecular formula is C14H10ClFN2O3. The summed E-state index contributed by atoms with van der Waals surface area (Å²) in [5, 5.41) is 13.0. The van der Waals surface area contributed by atoms with Crippen LogP contribution in [0.1, 0.15) is 15.9 Å². The molecule has 0 saturated carbocycles. The zero-order valence-corrected chi connectivity index (χ0v) is 11.6. The number of amides is 1. The van der Waals surface area contributed by atoms with Crippen LogP contribution in [0.2, 0.25) is 5.02 Å². The lowest BCUT2D eigenvalue weighted by molar-refractivity contribution is -0.387. The first-order chi connectivity index (χ1) is 9.88. The summed E-state index contributed by atoms with van der Waals surface area (Å²) in [7, 11) is 0. The van der Waals surface area contributed by atoms with E-state index in [0.29, 0.717) is 5.69 Å². The van der Waals surface area contributed by atoms with Crippen LogP contribution in [0.4, 0.5) is 15.8 Å². The SMILES string of the molecule is Cc1ccc(NC(=O)c2cc([N+](=O)[O-])c(F)cc2Cl)cc1. The van der Waals surface area contributed by atoms with Crippen LogP contribution in [0, 0.1) is 22.9 Å². The zero-order chi connectivity index (χ0) is 15.6. The number of aryl methyl sites for hydroxylation is 1. The molecule has 2 aromatic rings. The van der Waals surface area contributed by atoms with Gasteiger partial charge in [-0.2, -0.15) is 4.39 Å². The molecule has 21 heavy (non-hydrogen) atoms. The van der Waals surface area contributed by atoms with E-state index in [1.807, 2.05) is 6.92 Å². The van der Waals surface area contributed by atoms with Gasteiger partial charge in [0, 0.05) is 17.8 Å². The number of hydrogen-bond donors (Lipinski definition) is 1. The maximum Gasteiger partial charge on any atom is 0.305 e. The van der Waals surface area contributed by atoms with E-state index >= 15 is 0 Å². The third kappa shape index (κ3) is 3.35. The first-order valence-electron chi connectivity index (χ1n) is 5.90. The van der Waals surface area contributed by atoms with E-state index in [4.69, 9.17) is 11.6 Å². The van der Waals surface area contributed by atoms with Crippen LogP contribution in [0.15, 0.2) is 36.4 Å². The first-order valence-corrected chi connectivity index (χ1v) is 6.27. The van der Waals surface area contributed by atoms with E-state index in [9.17, 15) is 19.3 Å². The Morgan fingerprint density at radius 1 is 1.29 bits per heavy atom. The third-order valence-electron chi connectivity index (χ3n) is 2.79. The van der Waals surface area contributed by atoms with Crippen LogP contribution in [0.5, 0.6) is 0 Å². The Balaban J connectivity index is 2.32. The molecule has 0 spiro atoms. The Kier molecular flexibility index (Phi) is 4.18. The quantitative estimate of drug-likeness (QED) is 0.689. The van der Waals surface area contributed by atoms with E-state index in [2.05, 4.69) is 5.32 Å². The van der Waals surface area contributed by atoms with Crippen LogP contribution in [0.25, 0.3) is 0 Å². The van der Waals surface area contributed by atoms with Gasteiger partial charge in [-0.3, -0.25) is 14.9 Å². The van der Waals surface area contributed by atoms with Gasteiger partial charge in [0.1, 0.15) is 0 Å². The van der Waals surface area contributed by atoms with Crippen molar-refractivity contribution in [1.29, 1.82) is 0 Å². The number of benzene rings is 2. The number of hydrogen-bond acceptors (Lipinski definition) is 3. The van der Waals surface area contributed by atoms with E-state index in [0.717, 1.165) is 17.7 Å². The average Bonchev–Trinajstić information content (AvgIpc) is 2.40. The predicted molar refractivity (Wildman–Crippen MR) is 77.2 cm³/mol. The lowest BCUT2D eigenvalue weighted by Crippen LogP contribution is -2.13. The fraction of sp³-hybridized carbons (Fsp3) is 0.0714. The molecule has 0 aliphatic heterocycles. The Morgan fingerprint density at radius 2 is 1.90 bits per heavy atom. The highest BCUT2D eigenvalue weighted by molar-refractivity contribution is 6.34. The van der Waals surface area contributed by atoms with Crippen molar-refractivity contribution < 1.29 is 14.1 Å². The number of nitrogens with one attached hydrogen (secondary N) is 1. The molecule has 1 amide bonds. The number of nitrogens with zero attached hydrogens (tertiary/aromatic N) is 1. The highest BCUT2D eigenvalue weighted by Gasteiger charge is 2.21. The Bertz CT molecular complexity index is 717. The minimum atomic E-state index is -1.09. The minimum Gasteiger partial charge on any atom is -0.322 e. The number of carbonyl (C=O) groups is 1. The zero-order valence-electron chi connectivity index (χ0n) is 10.9. The van der Waals surface area contributed by atoms with Crippen molar-refractivity contribution in [2.45, 2.75) is 6.92 Å². The standard InChI is InChI=1S/C14H10ClFN2O3/c1-8-2-4-9(5-3-8)17-14(19)10-6-13(18(20)21)12(16)7-11(10)15/h2-7H,1H3,(H,17,19). The van der Waals surface area contributed by atoms with E-state index in [-0.39, 0.29) is 10.6 Å². The molecular weight excluding hydrogens is 299 g/mol.